The number of nitrogens with zero attached hydrogens (tertiary/aromatic N) is 1. The van der Waals surface area contributed by atoms with Gasteiger partial charge in [-0.3, -0.25) is 0 Å². The van der Waals surface area contributed by atoms with Crippen molar-refractivity contribution in [1.82, 2.24) is 0 Å². The molecular formula is C13H15NO. The summed E-state index contributed by atoms with van der Waals surface area (Å²) in [4.78, 5) is 0. The minimum Gasteiger partial charge on any atom is -0.497 e. The highest BCUT2D eigenvalue weighted by atomic mass is 16.5. The molecule has 1 aliphatic carbocycles. The molecular weight excluding hydrogens is 186 g/mol. The van der Waals surface area contributed by atoms with E-state index < -0.39 is 0 Å². The molecule has 1 fully saturated rings. The molecule has 1 aliphatic rings. The van der Waals surface area contributed by atoms with E-state index in [1.807, 2.05) is 24.3 Å². The van der Waals surface area contributed by atoms with E-state index in [1.165, 1.54) is 0 Å². The Bertz CT molecular complexity index is 382. The van der Waals surface area contributed by atoms with Gasteiger partial charge in [0.25, 0.3) is 0 Å². The molecule has 2 nitrogen and oxygen atoms in total. The van der Waals surface area contributed by atoms with Crippen LogP contribution in [0.15, 0.2) is 24.3 Å². The zero-order valence-corrected chi connectivity index (χ0v) is 9.16. The van der Waals surface area contributed by atoms with Crippen LogP contribution < -0.4 is 4.74 Å². The largest absolute Gasteiger partial charge is 0.497 e. The maximum absolute atomic E-state index is 9.25. The number of hydrogen-bond donors (Lipinski definition) is 0. The van der Waals surface area contributed by atoms with Gasteiger partial charge in [0, 0.05) is 0 Å². The zero-order valence-electron chi connectivity index (χ0n) is 9.16. The van der Waals surface area contributed by atoms with Crippen LogP contribution >= 0.6 is 0 Å². The topological polar surface area (TPSA) is 33.0 Å². The first-order valence-electron chi connectivity index (χ1n) is 5.26. The minimum atomic E-state index is -0.230. The second kappa shape index (κ2) is 3.58. The highest BCUT2D eigenvalue weighted by Crippen LogP contribution is 2.47. The number of benzene rings is 1. The van der Waals surface area contributed by atoms with Crippen LogP contribution in [0.3, 0.4) is 0 Å². The van der Waals surface area contributed by atoms with Crippen LogP contribution in [0.25, 0.3) is 0 Å². The van der Waals surface area contributed by atoms with Crippen molar-refractivity contribution < 1.29 is 4.74 Å². The third-order valence-electron chi connectivity index (χ3n) is 3.25. The summed E-state index contributed by atoms with van der Waals surface area (Å²) < 4.78 is 5.11. The molecule has 1 saturated carbocycles. The Labute approximate surface area is 90.5 Å². The van der Waals surface area contributed by atoms with Gasteiger partial charge in [0.15, 0.2) is 0 Å². The summed E-state index contributed by atoms with van der Waals surface area (Å²) in [6, 6.07) is 10.3. The normalized spacial score (nSPS) is 29.0. The van der Waals surface area contributed by atoms with Crippen LogP contribution in [0.2, 0.25) is 0 Å². The lowest BCUT2D eigenvalue weighted by Crippen LogP contribution is -2.38. The Balaban J connectivity index is 2.26. The Morgan fingerprint density at radius 2 is 1.93 bits per heavy atom. The van der Waals surface area contributed by atoms with Gasteiger partial charge >= 0.3 is 0 Å². The molecule has 78 valence electrons. The lowest BCUT2D eigenvalue weighted by atomic mass is 9.60. The van der Waals surface area contributed by atoms with E-state index in [4.69, 9.17) is 4.74 Å². The first-order chi connectivity index (χ1) is 7.20. The van der Waals surface area contributed by atoms with Gasteiger partial charge in [-0.05, 0) is 36.5 Å². The molecule has 0 saturated heterocycles. The fourth-order valence-corrected chi connectivity index (χ4v) is 2.43. The van der Waals surface area contributed by atoms with Crippen molar-refractivity contribution in [3.05, 3.63) is 29.8 Å². The van der Waals surface area contributed by atoms with Crippen molar-refractivity contribution in [2.24, 2.45) is 5.92 Å². The summed E-state index contributed by atoms with van der Waals surface area (Å²) in [5, 5.41) is 9.25. The number of hydrogen-bond acceptors (Lipinski definition) is 2. The van der Waals surface area contributed by atoms with E-state index in [9.17, 15) is 5.26 Å². The maximum atomic E-state index is 9.25. The average Bonchev–Trinajstić information content (AvgIpc) is 2.25. The molecule has 1 aromatic rings. The first kappa shape index (κ1) is 10.0. The van der Waals surface area contributed by atoms with Gasteiger partial charge in [-0.25, -0.2) is 0 Å². The van der Waals surface area contributed by atoms with Crippen LogP contribution in [0.5, 0.6) is 5.75 Å². The highest BCUT2D eigenvalue weighted by molar-refractivity contribution is 5.39. The molecule has 0 unspecified atom stereocenters. The van der Waals surface area contributed by atoms with Crippen LogP contribution in [0.4, 0.5) is 0 Å². The van der Waals surface area contributed by atoms with Crippen molar-refractivity contribution >= 4 is 0 Å². The second-order valence-corrected chi connectivity index (χ2v) is 4.44. The smallest absolute Gasteiger partial charge is 0.118 e. The standard InChI is InChI=1S/C13H15NO/c1-10-7-13(8-10,9-14)11-3-5-12(15-2)6-4-11/h3-6,10H,7-8H2,1-2H3. The molecule has 0 radical (unpaired) electrons. The SMILES string of the molecule is COc1ccc(C2(C#N)CC(C)C2)cc1. The van der Waals surface area contributed by atoms with Crippen molar-refractivity contribution in [3.63, 3.8) is 0 Å². The number of ether oxygens (including phenoxy) is 1. The van der Waals surface area contributed by atoms with E-state index >= 15 is 0 Å². The molecule has 0 atom stereocenters. The molecule has 15 heavy (non-hydrogen) atoms. The number of methoxy groups -OCH3 is 1. The van der Waals surface area contributed by atoms with Crippen LogP contribution in [-0.2, 0) is 5.41 Å². The molecule has 0 heterocycles. The van der Waals surface area contributed by atoms with E-state index in [2.05, 4.69) is 13.0 Å². The van der Waals surface area contributed by atoms with Gasteiger partial charge in [0.2, 0.25) is 0 Å². The highest BCUT2D eigenvalue weighted by Gasteiger charge is 2.43. The Morgan fingerprint density at radius 3 is 2.33 bits per heavy atom. The predicted molar refractivity (Wildman–Crippen MR) is 58.7 cm³/mol. The third kappa shape index (κ3) is 1.59. The summed E-state index contributed by atoms with van der Waals surface area (Å²) in [5.74, 6) is 1.52. The summed E-state index contributed by atoms with van der Waals surface area (Å²) >= 11 is 0. The zero-order chi connectivity index (χ0) is 10.9. The number of nitriles is 1. The van der Waals surface area contributed by atoms with Gasteiger partial charge in [0.05, 0.1) is 18.6 Å². The molecule has 0 N–H and O–H groups in total. The molecule has 0 spiro atoms. The molecule has 2 rings (SSSR count). The van der Waals surface area contributed by atoms with Crippen molar-refractivity contribution in [1.29, 1.82) is 5.26 Å². The predicted octanol–water partition coefficient (Wildman–Crippen LogP) is 2.89. The van der Waals surface area contributed by atoms with Gasteiger partial charge in [0.1, 0.15) is 5.75 Å². The summed E-state index contributed by atoms with van der Waals surface area (Å²) in [5.41, 5.74) is 0.898. The minimum absolute atomic E-state index is 0.230. The van der Waals surface area contributed by atoms with Crippen LogP contribution in [0, 0.1) is 17.2 Å². The van der Waals surface area contributed by atoms with Crippen LogP contribution in [0.1, 0.15) is 25.3 Å². The van der Waals surface area contributed by atoms with Gasteiger partial charge < -0.3 is 4.74 Å². The van der Waals surface area contributed by atoms with Gasteiger partial charge in [-0.1, -0.05) is 19.1 Å². The lowest BCUT2D eigenvalue weighted by Gasteiger charge is -2.41. The van der Waals surface area contributed by atoms with E-state index in [0.29, 0.717) is 5.92 Å². The Kier molecular flexibility index (Phi) is 2.40. The average molecular weight is 201 g/mol. The molecule has 0 amide bonds. The maximum Gasteiger partial charge on any atom is 0.118 e. The number of rotatable bonds is 2. The third-order valence-corrected chi connectivity index (χ3v) is 3.25. The van der Waals surface area contributed by atoms with Crippen molar-refractivity contribution in [2.75, 3.05) is 7.11 Å². The molecule has 1 aromatic carbocycles. The van der Waals surface area contributed by atoms with E-state index in [0.717, 1.165) is 24.2 Å². The molecule has 0 aromatic heterocycles. The molecule has 0 aliphatic heterocycles. The van der Waals surface area contributed by atoms with Crippen molar-refractivity contribution in [3.8, 4) is 11.8 Å². The fourth-order valence-electron chi connectivity index (χ4n) is 2.43. The fraction of sp³-hybridized carbons (Fsp3) is 0.462. The monoisotopic (exact) mass is 201 g/mol. The quantitative estimate of drug-likeness (QED) is 0.737. The van der Waals surface area contributed by atoms with Crippen LogP contribution in [-0.4, -0.2) is 7.11 Å². The van der Waals surface area contributed by atoms with Gasteiger partial charge in [-0.15, -0.1) is 0 Å². The van der Waals surface area contributed by atoms with E-state index in [1.54, 1.807) is 7.11 Å². The van der Waals surface area contributed by atoms with E-state index in [-0.39, 0.29) is 5.41 Å². The summed E-state index contributed by atoms with van der Waals surface area (Å²) in [6.07, 6.45) is 1.96. The second-order valence-electron chi connectivity index (χ2n) is 4.44. The molecule has 0 bridgehead atoms. The Morgan fingerprint density at radius 1 is 1.33 bits per heavy atom. The summed E-state index contributed by atoms with van der Waals surface area (Å²) in [7, 11) is 1.65. The lowest BCUT2D eigenvalue weighted by molar-refractivity contribution is 0.217. The summed E-state index contributed by atoms with van der Waals surface area (Å²) in [6.45, 7) is 2.19. The Hall–Kier alpha value is -1.49. The van der Waals surface area contributed by atoms with Gasteiger partial charge in [-0.2, -0.15) is 5.26 Å². The van der Waals surface area contributed by atoms with Crippen molar-refractivity contribution in [2.45, 2.75) is 25.2 Å². The first-order valence-corrected chi connectivity index (χ1v) is 5.26. The molecule has 2 heteroatoms.